The van der Waals surface area contributed by atoms with Crippen LogP contribution in [0.5, 0.6) is 0 Å². The number of sulfone groups is 1. The summed E-state index contributed by atoms with van der Waals surface area (Å²) < 4.78 is 23.1. The molecule has 16 heavy (non-hydrogen) atoms. The Morgan fingerprint density at radius 2 is 2.31 bits per heavy atom. The number of rotatable bonds is 3. The molecule has 5 heteroatoms. The van der Waals surface area contributed by atoms with E-state index in [0.717, 1.165) is 5.57 Å². The second kappa shape index (κ2) is 4.65. The lowest BCUT2D eigenvalue weighted by molar-refractivity contribution is 0.421. The maximum atomic E-state index is 11.5. The second-order valence-electron chi connectivity index (χ2n) is 3.54. The van der Waals surface area contributed by atoms with Gasteiger partial charge in [0, 0.05) is 6.21 Å². The average Bonchev–Trinajstić information content (AvgIpc) is 2.21. The number of aliphatic imine (C=N–C) groups is 1. The van der Waals surface area contributed by atoms with Crippen LogP contribution in [0.3, 0.4) is 0 Å². The Kier molecular flexibility index (Phi) is 3.70. The van der Waals surface area contributed by atoms with Crippen molar-refractivity contribution in [2.75, 3.05) is 5.75 Å². The van der Waals surface area contributed by atoms with Crippen molar-refractivity contribution in [1.29, 1.82) is 0 Å². The van der Waals surface area contributed by atoms with E-state index >= 15 is 0 Å². The smallest absolute Gasteiger partial charge is 0.181 e. The van der Waals surface area contributed by atoms with Gasteiger partial charge in [0.15, 0.2) is 9.84 Å². The van der Waals surface area contributed by atoms with Gasteiger partial charge in [-0.2, -0.15) is 0 Å². The van der Waals surface area contributed by atoms with Crippen molar-refractivity contribution in [1.82, 2.24) is 0 Å². The van der Waals surface area contributed by atoms with Gasteiger partial charge in [-0.15, -0.1) is 0 Å². The Morgan fingerprint density at radius 3 is 2.88 bits per heavy atom. The zero-order valence-corrected chi connectivity index (χ0v) is 10.2. The van der Waals surface area contributed by atoms with Crippen LogP contribution >= 0.6 is 0 Å². The molecule has 0 saturated heterocycles. The highest BCUT2D eigenvalue weighted by atomic mass is 32.2. The molecule has 0 atom stereocenters. The molecule has 0 aromatic rings. The summed E-state index contributed by atoms with van der Waals surface area (Å²) in [5.41, 5.74) is 0.830. The van der Waals surface area contributed by atoms with Crippen molar-refractivity contribution in [2.45, 2.75) is 20.3 Å². The van der Waals surface area contributed by atoms with Gasteiger partial charge in [0.25, 0.3) is 0 Å². The van der Waals surface area contributed by atoms with Crippen molar-refractivity contribution in [2.24, 2.45) is 4.99 Å². The first kappa shape index (κ1) is 12.7. The molecule has 0 aromatic carbocycles. The van der Waals surface area contributed by atoms with Gasteiger partial charge in [-0.05, 0) is 19.4 Å². The lowest BCUT2D eigenvalue weighted by Crippen LogP contribution is -2.15. The molecule has 0 bridgehead atoms. The van der Waals surface area contributed by atoms with Crippen LogP contribution in [0.15, 0.2) is 39.6 Å². The van der Waals surface area contributed by atoms with Crippen LogP contribution in [-0.4, -0.2) is 25.5 Å². The Balaban J connectivity index is 3.19. The highest BCUT2D eigenvalue weighted by Gasteiger charge is 2.22. The molecule has 0 amide bonds. The third kappa shape index (κ3) is 2.61. The van der Waals surface area contributed by atoms with Crippen molar-refractivity contribution in [3.8, 4) is 0 Å². The Labute approximate surface area is 95.6 Å². The van der Waals surface area contributed by atoms with Crippen LogP contribution < -0.4 is 0 Å². The van der Waals surface area contributed by atoms with E-state index in [1.54, 1.807) is 0 Å². The van der Waals surface area contributed by atoms with Gasteiger partial charge in [0.05, 0.1) is 10.7 Å². The molecule has 0 radical (unpaired) electrons. The van der Waals surface area contributed by atoms with E-state index in [0.29, 0.717) is 6.42 Å². The van der Waals surface area contributed by atoms with E-state index in [9.17, 15) is 13.5 Å². The summed E-state index contributed by atoms with van der Waals surface area (Å²) >= 11 is 0. The maximum Gasteiger partial charge on any atom is 0.181 e. The summed E-state index contributed by atoms with van der Waals surface area (Å²) in [6, 6.07) is 0. The van der Waals surface area contributed by atoms with Gasteiger partial charge >= 0.3 is 0 Å². The zero-order valence-electron chi connectivity index (χ0n) is 9.40. The third-order valence-corrected chi connectivity index (χ3v) is 4.07. The van der Waals surface area contributed by atoms with Gasteiger partial charge in [-0.25, -0.2) is 8.42 Å². The van der Waals surface area contributed by atoms with E-state index in [2.05, 4.69) is 11.6 Å². The number of nitrogens with zero attached hydrogens (tertiary/aromatic N) is 1. The number of allylic oxidation sites excluding steroid dienone is 3. The first-order valence-electron chi connectivity index (χ1n) is 4.93. The van der Waals surface area contributed by atoms with Crippen molar-refractivity contribution < 1.29 is 13.5 Å². The van der Waals surface area contributed by atoms with Gasteiger partial charge in [0.1, 0.15) is 11.5 Å². The molecule has 1 aliphatic heterocycles. The van der Waals surface area contributed by atoms with E-state index in [4.69, 9.17) is 0 Å². The standard InChI is InChI=1S/C11H15NO3S/c1-4-8(2)7-10(13)11-9(3)16(14,15)6-5-12-11/h5,7,13H,2,4,6H2,1,3H3. The Bertz CT molecular complexity index is 495. The molecular formula is C11H15NO3S. The summed E-state index contributed by atoms with van der Waals surface area (Å²) in [4.78, 5) is 4.01. The minimum atomic E-state index is -3.30. The first-order chi connectivity index (χ1) is 7.38. The number of hydrogen-bond donors (Lipinski definition) is 1. The lowest BCUT2D eigenvalue weighted by Gasteiger charge is -2.11. The summed E-state index contributed by atoms with van der Waals surface area (Å²) in [5, 5.41) is 9.74. The molecular weight excluding hydrogens is 226 g/mol. The molecule has 0 saturated carbocycles. The summed E-state index contributed by atoms with van der Waals surface area (Å²) in [6.45, 7) is 7.05. The minimum absolute atomic E-state index is 0.104. The Morgan fingerprint density at radius 1 is 1.69 bits per heavy atom. The fourth-order valence-corrected chi connectivity index (χ4v) is 2.17. The molecule has 1 aliphatic rings. The predicted octanol–water partition coefficient (Wildman–Crippen LogP) is 2.13. The highest BCUT2D eigenvalue weighted by molar-refractivity contribution is 7.95. The van der Waals surface area contributed by atoms with E-state index in [1.807, 2.05) is 6.92 Å². The molecule has 1 heterocycles. The maximum absolute atomic E-state index is 11.5. The van der Waals surface area contributed by atoms with E-state index < -0.39 is 9.84 Å². The molecule has 1 rings (SSSR count). The molecule has 1 N–H and O–H groups in total. The monoisotopic (exact) mass is 241 g/mol. The van der Waals surface area contributed by atoms with Crippen molar-refractivity contribution in [3.05, 3.63) is 34.6 Å². The highest BCUT2D eigenvalue weighted by Crippen LogP contribution is 2.23. The molecule has 0 unspecified atom stereocenters. The molecule has 0 aromatic heterocycles. The van der Waals surface area contributed by atoms with Gasteiger partial charge < -0.3 is 5.11 Å². The Hall–Kier alpha value is -1.36. The van der Waals surface area contributed by atoms with Crippen LogP contribution in [0, 0.1) is 0 Å². The van der Waals surface area contributed by atoms with E-state index in [-0.39, 0.29) is 22.1 Å². The van der Waals surface area contributed by atoms with Gasteiger partial charge in [-0.3, -0.25) is 4.99 Å². The third-order valence-electron chi connectivity index (χ3n) is 2.35. The van der Waals surface area contributed by atoms with E-state index in [1.165, 1.54) is 19.2 Å². The number of aliphatic hydroxyl groups excluding tert-OH is 1. The minimum Gasteiger partial charge on any atom is -0.506 e. The van der Waals surface area contributed by atoms with Crippen LogP contribution in [-0.2, 0) is 9.84 Å². The van der Waals surface area contributed by atoms with Gasteiger partial charge in [0.2, 0.25) is 0 Å². The molecule has 0 spiro atoms. The van der Waals surface area contributed by atoms with Crippen molar-refractivity contribution in [3.63, 3.8) is 0 Å². The SMILES string of the molecule is C=C(C=C(O)C1=C(C)S(=O)(=O)CC=N1)CC. The zero-order chi connectivity index (χ0) is 12.3. The molecule has 0 fully saturated rings. The molecule has 4 nitrogen and oxygen atoms in total. The van der Waals surface area contributed by atoms with Crippen LogP contribution in [0.4, 0.5) is 0 Å². The summed E-state index contributed by atoms with van der Waals surface area (Å²) in [5.74, 6) is -0.256. The second-order valence-corrected chi connectivity index (χ2v) is 5.71. The topological polar surface area (TPSA) is 66.7 Å². The predicted molar refractivity (Wildman–Crippen MR) is 65.1 cm³/mol. The van der Waals surface area contributed by atoms with Crippen LogP contribution in [0.2, 0.25) is 0 Å². The van der Waals surface area contributed by atoms with Crippen molar-refractivity contribution >= 4 is 16.1 Å². The summed E-state index contributed by atoms with van der Waals surface area (Å²) in [7, 11) is -3.30. The number of hydrogen-bond acceptors (Lipinski definition) is 4. The normalized spacial score (nSPS) is 20.0. The number of aliphatic hydroxyl groups is 1. The molecule has 0 aliphatic carbocycles. The quantitative estimate of drug-likeness (QED) is 0.608. The first-order valence-corrected chi connectivity index (χ1v) is 6.58. The fraction of sp³-hybridized carbons (Fsp3) is 0.364. The van der Waals surface area contributed by atoms with Crippen LogP contribution in [0.1, 0.15) is 20.3 Å². The van der Waals surface area contributed by atoms with Gasteiger partial charge in [-0.1, -0.05) is 19.1 Å². The fourth-order valence-electron chi connectivity index (χ4n) is 1.20. The largest absolute Gasteiger partial charge is 0.506 e. The van der Waals surface area contributed by atoms with Crippen LogP contribution in [0.25, 0.3) is 0 Å². The summed E-state index contributed by atoms with van der Waals surface area (Å²) in [6.07, 6.45) is 3.42. The average molecular weight is 241 g/mol. The molecule has 88 valence electrons. The lowest BCUT2D eigenvalue weighted by atomic mass is 10.2.